The van der Waals surface area contributed by atoms with Gasteiger partial charge in [0.25, 0.3) is 0 Å². The van der Waals surface area contributed by atoms with Crippen LogP contribution in [0.2, 0.25) is 0 Å². The molecule has 106 valence electrons. The van der Waals surface area contributed by atoms with E-state index in [1.807, 2.05) is 0 Å². The smallest absolute Gasteiger partial charge is 0.119 e. The lowest BCUT2D eigenvalue weighted by molar-refractivity contribution is 0.209. The van der Waals surface area contributed by atoms with Crippen molar-refractivity contribution in [2.45, 2.75) is 44.2 Å². The lowest BCUT2D eigenvalue weighted by atomic mass is 10.0. The van der Waals surface area contributed by atoms with E-state index in [1.165, 1.54) is 31.2 Å². The van der Waals surface area contributed by atoms with Crippen LogP contribution in [0.5, 0.6) is 5.75 Å². The summed E-state index contributed by atoms with van der Waals surface area (Å²) in [6, 6.07) is 8.93. The van der Waals surface area contributed by atoms with Crippen LogP contribution in [0.1, 0.15) is 43.7 Å². The fraction of sp³-hybridized carbons (Fsp3) is 0.625. The van der Waals surface area contributed by atoms with Gasteiger partial charge in [0.05, 0.1) is 6.10 Å². The molecule has 3 nitrogen and oxygen atoms in total. The second-order valence-corrected chi connectivity index (χ2v) is 5.65. The first-order valence-corrected chi connectivity index (χ1v) is 7.34. The molecule has 0 aromatic heterocycles. The molecular formula is C16H26N2O. The minimum absolute atomic E-state index is 0.394. The van der Waals surface area contributed by atoms with Crippen LogP contribution in [0.25, 0.3) is 0 Å². The van der Waals surface area contributed by atoms with E-state index in [4.69, 9.17) is 10.5 Å². The highest BCUT2D eigenvalue weighted by Gasteiger charge is 2.17. The molecule has 2 rings (SSSR count). The van der Waals surface area contributed by atoms with E-state index in [-0.39, 0.29) is 0 Å². The number of nitrogens with two attached hydrogens (primary N) is 1. The molecule has 0 spiro atoms. The molecule has 0 bridgehead atoms. The van der Waals surface area contributed by atoms with Crippen molar-refractivity contribution in [3.05, 3.63) is 29.8 Å². The lowest BCUT2D eigenvalue weighted by Crippen LogP contribution is -2.22. The van der Waals surface area contributed by atoms with Gasteiger partial charge in [-0.25, -0.2) is 0 Å². The van der Waals surface area contributed by atoms with E-state index >= 15 is 0 Å². The van der Waals surface area contributed by atoms with Crippen molar-refractivity contribution in [2.75, 3.05) is 20.6 Å². The summed E-state index contributed by atoms with van der Waals surface area (Å²) in [5.74, 6) is 1.00. The van der Waals surface area contributed by atoms with Gasteiger partial charge >= 0.3 is 0 Å². The van der Waals surface area contributed by atoms with Crippen LogP contribution in [0.3, 0.4) is 0 Å². The van der Waals surface area contributed by atoms with Gasteiger partial charge in [-0.1, -0.05) is 12.1 Å². The summed E-state index contributed by atoms with van der Waals surface area (Å²) in [6.07, 6.45) is 6.43. The third-order valence-corrected chi connectivity index (χ3v) is 3.93. The van der Waals surface area contributed by atoms with Crippen molar-refractivity contribution in [2.24, 2.45) is 5.73 Å². The monoisotopic (exact) mass is 262 g/mol. The molecule has 0 saturated heterocycles. The Hall–Kier alpha value is -1.06. The molecule has 1 aliphatic carbocycles. The maximum Gasteiger partial charge on any atom is 0.119 e. The third kappa shape index (κ3) is 3.95. The molecule has 19 heavy (non-hydrogen) atoms. The topological polar surface area (TPSA) is 38.5 Å². The summed E-state index contributed by atoms with van der Waals surface area (Å²) < 4.78 is 5.99. The van der Waals surface area contributed by atoms with Gasteiger partial charge in [0.2, 0.25) is 0 Å². The molecule has 1 atom stereocenters. The van der Waals surface area contributed by atoms with Crippen molar-refractivity contribution >= 4 is 0 Å². The molecule has 1 fully saturated rings. The molecule has 3 heteroatoms. The SMILES string of the molecule is CN(C)C(CCN)c1ccc(OC2CCCC2)cc1. The van der Waals surface area contributed by atoms with E-state index < -0.39 is 0 Å². The zero-order valence-corrected chi connectivity index (χ0v) is 12.1. The second-order valence-electron chi connectivity index (χ2n) is 5.65. The number of rotatable bonds is 6. The van der Waals surface area contributed by atoms with Gasteiger partial charge in [-0.2, -0.15) is 0 Å². The van der Waals surface area contributed by atoms with E-state index in [2.05, 4.69) is 43.3 Å². The Morgan fingerprint density at radius 2 is 1.84 bits per heavy atom. The Bertz CT molecular complexity index is 369. The molecule has 1 aromatic carbocycles. The number of ether oxygens (including phenoxy) is 1. The van der Waals surface area contributed by atoms with Crippen molar-refractivity contribution in [1.29, 1.82) is 0 Å². The fourth-order valence-corrected chi connectivity index (χ4v) is 2.85. The highest BCUT2D eigenvalue weighted by atomic mass is 16.5. The number of hydrogen-bond donors (Lipinski definition) is 1. The molecule has 0 aliphatic heterocycles. The van der Waals surface area contributed by atoms with Crippen LogP contribution >= 0.6 is 0 Å². The first-order chi connectivity index (χ1) is 9.20. The quantitative estimate of drug-likeness (QED) is 0.856. The van der Waals surface area contributed by atoms with E-state index in [0.29, 0.717) is 18.7 Å². The molecule has 0 amide bonds. The first kappa shape index (κ1) is 14.4. The van der Waals surface area contributed by atoms with Crippen LogP contribution < -0.4 is 10.5 Å². The first-order valence-electron chi connectivity index (χ1n) is 7.34. The minimum Gasteiger partial charge on any atom is -0.490 e. The lowest BCUT2D eigenvalue weighted by Gasteiger charge is -2.24. The molecular weight excluding hydrogens is 236 g/mol. The van der Waals surface area contributed by atoms with Crippen LogP contribution in [-0.2, 0) is 0 Å². The predicted molar refractivity (Wildman–Crippen MR) is 79.4 cm³/mol. The van der Waals surface area contributed by atoms with Crippen molar-refractivity contribution in [1.82, 2.24) is 4.90 Å². The molecule has 0 radical (unpaired) electrons. The number of hydrogen-bond acceptors (Lipinski definition) is 3. The summed E-state index contributed by atoms with van der Waals surface area (Å²) in [6.45, 7) is 0.711. The average molecular weight is 262 g/mol. The summed E-state index contributed by atoms with van der Waals surface area (Å²) in [7, 11) is 4.20. The molecule has 1 aliphatic rings. The molecule has 1 unspecified atom stereocenters. The van der Waals surface area contributed by atoms with Crippen LogP contribution in [0.4, 0.5) is 0 Å². The molecule has 0 heterocycles. The van der Waals surface area contributed by atoms with E-state index in [9.17, 15) is 0 Å². The van der Waals surface area contributed by atoms with Gasteiger partial charge in [-0.15, -0.1) is 0 Å². The summed E-state index contributed by atoms with van der Waals surface area (Å²) >= 11 is 0. The zero-order valence-electron chi connectivity index (χ0n) is 12.1. The molecule has 2 N–H and O–H groups in total. The van der Waals surface area contributed by atoms with Crippen molar-refractivity contribution in [3.8, 4) is 5.75 Å². The average Bonchev–Trinajstić information content (AvgIpc) is 2.90. The maximum atomic E-state index is 5.99. The van der Waals surface area contributed by atoms with Gasteiger partial charge < -0.3 is 15.4 Å². The Balaban J connectivity index is 1.99. The second kappa shape index (κ2) is 6.92. The van der Waals surface area contributed by atoms with Gasteiger partial charge in [-0.3, -0.25) is 0 Å². The molecule has 1 aromatic rings. The normalized spacial score (nSPS) is 17.9. The largest absolute Gasteiger partial charge is 0.490 e. The van der Waals surface area contributed by atoms with Gasteiger partial charge in [-0.05, 0) is 70.4 Å². The van der Waals surface area contributed by atoms with Crippen LogP contribution in [-0.4, -0.2) is 31.6 Å². The number of nitrogens with zero attached hydrogens (tertiary/aromatic N) is 1. The van der Waals surface area contributed by atoms with E-state index in [0.717, 1.165) is 12.2 Å². The van der Waals surface area contributed by atoms with Gasteiger partial charge in [0.15, 0.2) is 0 Å². The standard InChI is InChI=1S/C16H26N2O/c1-18(2)16(11-12-17)13-7-9-15(10-8-13)19-14-5-3-4-6-14/h7-10,14,16H,3-6,11-12,17H2,1-2H3. The van der Waals surface area contributed by atoms with E-state index in [1.54, 1.807) is 0 Å². The highest BCUT2D eigenvalue weighted by molar-refractivity contribution is 5.29. The summed E-state index contributed by atoms with van der Waals surface area (Å²) in [5.41, 5.74) is 7.01. The predicted octanol–water partition coefficient (Wildman–Crippen LogP) is 2.96. The van der Waals surface area contributed by atoms with Crippen molar-refractivity contribution in [3.63, 3.8) is 0 Å². The Morgan fingerprint density at radius 1 is 1.21 bits per heavy atom. The third-order valence-electron chi connectivity index (χ3n) is 3.93. The maximum absolute atomic E-state index is 5.99. The zero-order chi connectivity index (χ0) is 13.7. The minimum atomic E-state index is 0.394. The van der Waals surface area contributed by atoms with Gasteiger partial charge in [0, 0.05) is 6.04 Å². The van der Waals surface area contributed by atoms with Crippen LogP contribution in [0, 0.1) is 0 Å². The Morgan fingerprint density at radius 3 is 2.37 bits per heavy atom. The Kier molecular flexibility index (Phi) is 5.23. The molecule has 1 saturated carbocycles. The summed E-state index contributed by atoms with van der Waals surface area (Å²) in [5, 5.41) is 0. The summed E-state index contributed by atoms with van der Waals surface area (Å²) in [4.78, 5) is 2.22. The highest BCUT2D eigenvalue weighted by Crippen LogP contribution is 2.27. The fourth-order valence-electron chi connectivity index (χ4n) is 2.85. The van der Waals surface area contributed by atoms with Crippen LogP contribution in [0.15, 0.2) is 24.3 Å². The van der Waals surface area contributed by atoms with Crippen molar-refractivity contribution < 1.29 is 4.74 Å². The Labute approximate surface area is 116 Å². The number of benzene rings is 1. The van der Waals surface area contributed by atoms with Gasteiger partial charge in [0.1, 0.15) is 5.75 Å².